The summed E-state index contributed by atoms with van der Waals surface area (Å²) in [5.41, 5.74) is 3.03. The minimum atomic E-state index is -3.58. The van der Waals surface area contributed by atoms with Crippen molar-refractivity contribution in [3.05, 3.63) is 75.7 Å². The number of benzene rings is 2. The Labute approximate surface area is 164 Å². The molecule has 1 atom stereocenters. The quantitative estimate of drug-likeness (QED) is 0.742. The minimum Gasteiger partial charge on any atom is -0.349 e. The molecule has 2 aromatic rings. The van der Waals surface area contributed by atoms with E-state index in [1.807, 2.05) is 48.5 Å². The maximum absolute atomic E-state index is 12.2. The lowest BCUT2D eigenvalue weighted by atomic mass is 10.1. The maximum atomic E-state index is 12.2. The van der Waals surface area contributed by atoms with E-state index >= 15 is 0 Å². The Morgan fingerprint density at radius 2 is 1.96 bits per heavy atom. The van der Waals surface area contributed by atoms with Gasteiger partial charge in [-0.2, -0.15) is 0 Å². The van der Waals surface area contributed by atoms with Crippen LogP contribution in [0, 0.1) is 0 Å². The van der Waals surface area contributed by atoms with Crippen molar-refractivity contribution in [3.63, 3.8) is 0 Å². The van der Waals surface area contributed by atoms with E-state index < -0.39 is 10.0 Å². The van der Waals surface area contributed by atoms with Crippen LogP contribution < -0.4 is 10.0 Å². The molecule has 27 heavy (non-hydrogen) atoms. The van der Waals surface area contributed by atoms with Gasteiger partial charge in [0.2, 0.25) is 15.9 Å². The van der Waals surface area contributed by atoms with Gasteiger partial charge in [0.05, 0.1) is 6.04 Å². The molecule has 1 amide bonds. The molecule has 0 spiro atoms. The van der Waals surface area contributed by atoms with Crippen molar-refractivity contribution in [1.29, 1.82) is 0 Å². The predicted molar refractivity (Wildman–Crippen MR) is 108 cm³/mol. The number of amides is 1. The van der Waals surface area contributed by atoms with Gasteiger partial charge in [-0.3, -0.25) is 4.79 Å². The van der Waals surface area contributed by atoms with Crippen LogP contribution in [0.5, 0.6) is 0 Å². The summed E-state index contributed by atoms with van der Waals surface area (Å²) < 4.78 is 26.4. The van der Waals surface area contributed by atoms with Crippen LogP contribution in [0.3, 0.4) is 0 Å². The van der Waals surface area contributed by atoms with E-state index in [0.29, 0.717) is 5.02 Å². The lowest BCUT2D eigenvalue weighted by molar-refractivity contribution is -0.121. The summed E-state index contributed by atoms with van der Waals surface area (Å²) in [5, 5.41) is 4.77. The Balaban J connectivity index is 1.47. The number of halogens is 1. The number of hydrogen-bond donors (Lipinski definition) is 2. The van der Waals surface area contributed by atoms with Crippen molar-refractivity contribution in [3.8, 4) is 0 Å². The fraction of sp³-hybridized carbons (Fsp3) is 0.250. The third-order valence-electron chi connectivity index (χ3n) is 4.41. The summed E-state index contributed by atoms with van der Waals surface area (Å²) in [4.78, 5) is 12.2. The van der Waals surface area contributed by atoms with Crippen LogP contribution in [0.2, 0.25) is 5.02 Å². The Bertz CT molecular complexity index is 943. The molecule has 7 heteroatoms. The molecule has 1 aliphatic rings. The van der Waals surface area contributed by atoms with Crippen LogP contribution in [0.25, 0.3) is 6.08 Å². The van der Waals surface area contributed by atoms with E-state index in [9.17, 15) is 13.2 Å². The highest BCUT2D eigenvalue weighted by Crippen LogP contribution is 2.32. The molecule has 1 aliphatic carbocycles. The molecule has 142 valence electrons. The molecule has 0 aromatic heterocycles. The molecule has 3 rings (SSSR count). The van der Waals surface area contributed by atoms with Crippen LogP contribution in [0.15, 0.2) is 53.9 Å². The van der Waals surface area contributed by atoms with Gasteiger partial charge in [-0.1, -0.05) is 48.0 Å². The first-order valence-corrected chi connectivity index (χ1v) is 10.7. The highest BCUT2D eigenvalue weighted by atomic mass is 35.5. The predicted octanol–water partition coefficient (Wildman–Crippen LogP) is 3.42. The molecule has 0 saturated heterocycles. The largest absolute Gasteiger partial charge is 0.349 e. The topological polar surface area (TPSA) is 75.3 Å². The van der Waals surface area contributed by atoms with Gasteiger partial charge in [0.15, 0.2) is 0 Å². The second-order valence-electron chi connectivity index (χ2n) is 6.40. The summed E-state index contributed by atoms with van der Waals surface area (Å²) in [6, 6.07) is 14.8. The fourth-order valence-corrected chi connectivity index (χ4v) is 4.10. The summed E-state index contributed by atoms with van der Waals surface area (Å²) in [6.45, 7) is 0.0491. The number of nitrogens with one attached hydrogen (secondary N) is 2. The molecule has 0 radical (unpaired) electrons. The van der Waals surface area contributed by atoms with Crippen LogP contribution in [-0.4, -0.2) is 20.9 Å². The van der Waals surface area contributed by atoms with Gasteiger partial charge in [0, 0.05) is 23.4 Å². The molecular weight excluding hydrogens is 384 g/mol. The highest BCUT2D eigenvalue weighted by molar-refractivity contribution is 7.92. The van der Waals surface area contributed by atoms with E-state index in [4.69, 9.17) is 11.6 Å². The number of sulfonamides is 1. The number of carbonyl (C=O) groups excluding carboxylic acids is 1. The average Bonchev–Trinajstić information content (AvgIpc) is 3.02. The third kappa shape index (κ3) is 5.66. The smallest absolute Gasteiger partial charge is 0.233 e. The Morgan fingerprint density at radius 1 is 1.19 bits per heavy atom. The van der Waals surface area contributed by atoms with Gasteiger partial charge in [0.1, 0.15) is 0 Å². The van der Waals surface area contributed by atoms with Crippen LogP contribution in [0.1, 0.15) is 35.6 Å². The van der Waals surface area contributed by atoms with Gasteiger partial charge in [-0.25, -0.2) is 13.1 Å². The van der Waals surface area contributed by atoms with E-state index in [-0.39, 0.29) is 24.9 Å². The van der Waals surface area contributed by atoms with E-state index in [1.54, 1.807) is 0 Å². The lowest BCUT2D eigenvalue weighted by Crippen LogP contribution is -2.31. The summed E-state index contributed by atoms with van der Waals surface area (Å²) in [7, 11) is -3.58. The molecule has 2 N–H and O–H groups in total. The van der Waals surface area contributed by atoms with E-state index in [0.717, 1.165) is 34.9 Å². The van der Waals surface area contributed by atoms with Crippen molar-refractivity contribution >= 4 is 33.6 Å². The molecular formula is C20H21ClN2O3S. The molecule has 2 aromatic carbocycles. The summed E-state index contributed by atoms with van der Waals surface area (Å²) in [6.07, 6.45) is 3.30. The highest BCUT2D eigenvalue weighted by Gasteiger charge is 2.23. The maximum Gasteiger partial charge on any atom is 0.233 e. The first kappa shape index (κ1) is 19.6. The molecule has 0 bridgehead atoms. The standard InChI is InChI=1S/C20H21ClN2O3S/c21-17-7-8-18-16(14-17)6-9-19(18)23-20(24)10-12-22-27(25,26)13-11-15-4-2-1-3-5-15/h1-5,7-8,11,13-14,19,22H,6,9-10,12H2,(H,23,24). The van der Waals surface area contributed by atoms with Crippen LogP contribution in [0.4, 0.5) is 0 Å². The van der Waals surface area contributed by atoms with Crippen molar-refractivity contribution in [2.24, 2.45) is 0 Å². The third-order valence-corrected chi connectivity index (χ3v) is 5.75. The van der Waals surface area contributed by atoms with Crippen molar-refractivity contribution < 1.29 is 13.2 Å². The number of carbonyl (C=O) groups is 1. The lowest BCUT2D eigenvalue weighted by Gasteiger charge is -2.14. The zero-order valence-corrected chi connectivity index (χ0v) is 16.3. The second kappa shape index (κ2) is 8.69. The summed E-state index contributed by atoms with van der Waals surface area (Å²) >= 11 is 5.99. The summed E-state index contributed by atoms with van der Waals surface area (Å²) in [5.74, 6) is -0.183. The van der Waals surface area contributed by atoms with Gasteiger partial charge >= 0.3 is 0 Å². The normalized spacial score (nSPS) is 16.4. The molecule has 0 heterocycles. The molecule has 5 nitrogen and oxygen atoms in total. The SMILES string of the molecule is O=C(CCNS(=O)(=O)C=Cc1ccccc1)NC1CCc2cc(Cl)ccc21. The Kier molecular flexibility index (Phi) is 6.31. The zero-order chi connectivity index (χ0) is 19.3. The minimum absolute atomic E-state index is 0.0423. The monoisotopic (exact) mass is 404 g/mol. The van der Waals surface area contributed by atoms with Gasteiger partial charge in [-0.05, 0) is 47.7 Å². The molecule has 1 unspecified atom stereocenters. The molecule has 0 fully saturated rings. The zero-order valence-electron chi connectivity index (χ0n) is 14.7. The van der Waals surface area contributed by atoms with Crippen LogP contribution >= 0.6 is 11.6 Å². The first-order chi connectivity index (χ1) is 12.9. The number of rotatable bonds is 7. The van der Waals surface area contributed by atoms with E-state index in [1.165, 1.54) is 6.08 Å². The van der Waals surface area contributed by atoms with Crippen LogP contribution in [-0.2, 0) is 21.2 Å². The Hall–Kier alpha value is -2.15. The van der Waals surface area contributed by atoms with E-state index in [2.05, 4.69) is 10.0 Å². The van der Waals surface area contributed by atoms with Crippen molar-refractivity contribution in [2.75, 3.05) is 6.54 Å². The molecule has 0 saturated carbocycles. The van der Waals surface area contributed by atoms with Gasteiger partial charge < -0.3 is 5.32 Å². The number of aryl methyl sites for hydroxylation is 1. The second-order valence-corrected chi connectivity index (χ2v) is 8.49. The first-order valence-electron chi connectivity index (χ1n) is 8.73. The number of fused-ring (bicyclic) bond motifs is 1. The van der Waals surface area contributed by atoms with Crippen molar-refractivity contribution in [2.45, 2.75) is 25.3 Å². The fourth-order valence-electron chi connectivity index (χ4n) is 3.09. The molecule has 0 aliphatic heterocycles. The average molecular weight is 405 g/mol. The Morgan fingerprint density at radius 3 is 2.74 bits per heavy atom. The number of hydrogen-bond acceptors (Lipinski definition) is 3. The van der Waals surface area contributed by atoms with Crippen molar-refractivity contribution in [1.82, 2.24) is 10.0 Å². The van der Waals surface area contributed by atoms with Gasteiger partial charge in [0.25, 0.3) is 0 Å². The van der Waals surface area contributed by atoms with Gasteiger partial charge in [-0.15, -0.1) is 0 Å².